The molecule has 4 unspecified atom stereocenters. The minimum atomic E-state index is -1.27. The van der Waals surface area contributed by atoms with Crippen molar-refractivity contribution in [1.29, 1.82) is 0 Å². The van der Waals surface area contributed by atoms with Crippen LogP contribution in [0.1, 0.15) is 109 Å². The summed E-state index contributed by atoms with van der Waals surface area (Å²) in [5.74, 6) is -1.86. The molecule has 0 spiro atoms. The summed E-state index contributed by atoms with van der Waals surface area (Å²) in [5, 5.41) is 74.0. The Morgan fingerprint density at radius 3 is 0.983 bits per heavy atom. The number of nitrogens with two attached hydrogens (primary N) is 1. The third-order valence-electron chi connectivity index (χ3n) is 19.4. The highest BCUT2D eigenvalue weighted by molar-refractivity contribution is 6.09. The van der Waals surface area contributed by atoms with Gasteiger partial charge in [-0.3, -0.25) is 37.4 Å². The molecule has 6 saturated heterocycles. The van der Waals surface area contributed by atoms with Crippen LogP contribution in [0, 0.1) is 0 Å². The van der Waals surface area contributed by atoms with Crippen molar-refractivity contribution in [2.75, 3.05) is 47.6 Å². The van der Waals surface area contributed by atoms with E-state index in [0.29, 0.717) is 72.7 Å². The van der Waals surface area contributed by atoms with Crippen LogP contribution in [0.2, 0.25) is 6.82 Å². The summed E-state index contributed by atoms with van der Waals surface area (Å²) in [5.41, 5.74) is 19.3. The van der Waals surface area contributed by atoms with Crippen molar-refractivity contribution in [1.82, 2.24) is 78.1 Å². The Morgan fingerprint density at radius 1 is 0.417 bits per heavy atom. The van der Waals surface area contributed by atoms with Crippen LogP contribution in [-0.2, 0) is 37.9 Å². The number of hydrogen-bond acceptors (Lipinski definition) is 32. The zero-order valence-corrected chi connectivity index (χ0v) is 63.5. The van der Waals surface area contributed by atoms with E-state index in [0.717, 1.165) is 0 Å². The first-order chi connectivity index (χ1) is 57.1. The molecule has 18 rings (SSSR count). The minimum Gasteiger partial charge on any atom is -0.394 e. The molecular weight excluding hydrogens is 1560 g/mol. The van der Waals surface area contributed by atoms with E-state index in [1.54, 1.807) is 119 Å². The van der Waals surface area contributed by atoms with E-state index in [1.165, 1.54) is 53.9 Å². The zero-order chi connectivity index (χ0) is 83.1. The molecule has 6 fully saturated rings. The van der Waals surface area contributed by atoms with Crippen LogP contribution in [-0.4, -0.2) is 251 Å². The molecular formula is C77H87BN24O18. The number of carbonyl (C=O) groups excluding carboxylic acids is 4. The molecule has 0 saturated carbocycles. The highest BCUT2D eigenvalue weighted by atomic mass is 16.8. The van der Waals surface area contributed by atoms with Gasteiger partial charge in [0.05, 0.1) is 59.0 Å². The molecule has 120 heavy (non-hydrogen) atoms. The molecule has 16 atom stereocenters. The molecule has 42 nitrogen and oxygen atoms in total. The first kappa shape index (κ1) is 87.1. The fourth-order valence-corrected chi connectivity index (χ4v) is 14.0. The number of azide groups is 1. The molecule has 626 valence electrons. The zero-order valence-electron chi connectivity index (χ0n) is 63.5. The van der Waals surface area contributed by atoms with Crippen LogP contribution in [0.25, 0.3) is 55.1 Å². The van der Waals surface area contributed by atoms with Gasteiger partial charge in [-0.05, 0) is 81.8 Å². The van der Waals surface area contributed by atoms with Gasteiger partial charge < -0.3 is 95.5 Å². The summed E-state index contributed by atoms with van der Waals surface area (Å²) in [4.78, 5) is 103. The first-order valence-electron chi connectivity index (χ1n) is 36.8. The van der Waals surface area contributed by atoms with Gasteiger partial charge in [-0.15, -0.1) is 0 Å². The molecule has 4 aromatic carbocycles. The number of nitrogens with one attached hydrogen (secondary N) is 4. The van der Waals surface area contributed by atoms with Crippen molar-refractivity contribution in [3.63, 3.8) is 0 Å². The van der Waals surface area contributed by atoms with Gasteiger partial charge in [-0.2, -0.15) is 0 Å². The number of anilines is 4. The average Bonchev–Trinajstić information content (AvgIpc) is 1.60. The summed E-state index contributed by atoms with van der Waals surface area (Å²) in [7, 11) is 4.50. The molecule has 14 heterocycles. The number of carbonyl (C=O) groups is 4. The van der Waals surface area contributed by atoms with Crippen molar-refractivity contribution in [3.8, 4) is 0 Å². The van der Waals surface area contributed by atoms with Crippen LogP contribution < -0.4 is 27.0 Å². The molecule has 43 heteroatoms. The lowest BCUT2D eigenvalue weighted by molar-refractivity contribution is -0.199. The van der Waals surface area contributed by atoms with Gasteiger partial charge >= 0.3 is 0 Å². The second-order valence-corrected chi connectivity index (χ2v) is 27.8. The van der Waals surface area contributed by atoms with Gasteiger partial charge in [0.2, 0.25) is 0 Å². The summed E-state index contributed by atoms with van der Waals surface area (Å²) >= 11 is 0. The predicted octanol–water partition coefficient (Wildman–Crippen LogP) is 5.12. The third-order valence-corrected chi connectivity index (χ3v) is 19.4. The van der Waals surface area contributed by atoms with Gasteiger partial charge in [0, 0.05) is 33.7 Å². The van der Waals surface area contributed by atoms with E-state index >= 15 is 0 Å². The molecule has 0 aliphatic carbocycles. The molecule has 0 bridgehead atoms. The van der Waals surface area contributed by atoms with E-state index in [-0.39, 0.29) is 75.6 Å². The fraction of sp³-hybridized carbons (Fsp3) is 0.377. The highest BCUT2D eigenvalue weighted by Gasteiger charge is 2.58. The van der Waals surface area contributed by atoms with Crippen molar-refractivity contribution in [2.45, 2.75) is 159 Å². The topological polar surface area (TPSA) is 561 Å². The minimum absolute atomic E-state index is 0. The van der Waals surface area contributed by atoms with E-state index in [1.807, 2.05) is 52.0 Å². The van der Waals surface area contributed by atoms with E-state index in [2.05, 4.69) is 98.9 Å². The number of fused-ring (bicyclic) bond motifs is 6. The highest BCUT2D eigenvalue weighted by Crippen LogP contribution is 2.46. The molecule has 6 aliphatic heterocycles. The standard InChI is InChI=1S/C20H20N8O4.C20H21N5O5.C17H18N6O4.C17H17N5O5.CH3B.2CH4/c1-20(2)31-14-12(8-25-27-21)30-19(15(14)32-20)28-10-24-13-16(22-9-23-17(13)28)26-18(29)11-6-4-3-5-7-11;1-20(2)29-14-12(8-26)28-19(15(14)30-20)25-10-23-13-16(21-9-22-17(13)25)24-18(27)11-6-4-3-5-7-11;18-6-10-12(24)13(25)17(27-10)23-8-21-11-14(19-7-20-15(11)23)22-16(26)9-4-2-1-3-5-9;23-6-10-12(24)13(25)17(27-10)22-8-20-11-14(18-7-19-15(11)22)21-16(26)9-4-2-1-3-5-9;1-2;;/h3-7,9-10,12,14-15,19H,8H2,1-2H3,(H,22,23,26,29);3-7,9-10,12,14-15,19,26H,8H2,1-2H3,(H,21,22,24,27);1-5,7-8,10,12-13,17,24-25H,6,18H2,(H,19,20,22,26);1-5,7-8,10,12-13,17,23-25H,6H2,(H,18,19,21,26);1H3;2*1H4/t2*12-,14?,15+,19-;2*10-,12?,13+,17-;;;/m1111.../s1. The summed E-state index contributed by atoms with van der Waals surface area (Å²) < 4.78 is 53.6. The lowest BCUT2D eigenvalue weighted by Gasteiger charge is -2.24. The Bertz CT molecular complexity index is 5420. The lowest BCUT2D eigenvalue weighted by atomic mass is 10.1. The Kier molecular flexibility index (Phi) is 27.4. The second-order valence-electron chi connectivity index (χ2n) is 27.8. The normalized spacial score (nSPS) is 25.0. The largest absolute Gasteiger partial charge is 0.394 e. The Labute approximate surface area is 684 Å². The first-order valence-corrected chi connectivity index (χ1v) is 36.8. The van der Waals surface area contributed by atoms with E-state index in [4.69, 9.17) is 49.2 Å². The maximum absolute atomic E-state index is 12.6. The smallest absolute Gasteiger partial charge is 0.256 e. The third kappa shape index (κ3) is 18.0. The fourth-order valence-electron chi connectivity index (χ4n) is 14.0. The van der Waals surface area contributed by atoms with Crippen molar-refractivity contribution < 1.29 is 87.7 Å². The van der Waals surface area contributed by atoms with Gasteiger partial charge in [-0.25, -0.2) is 59.8 Å². The maximum Gasteiger partial charge on any atom is 0.256 e. The number of aliphatic hydroxyl groups excluding tert-OH is 6. The molecule has 4 amide bonds. The summed E-state index contributed by atoms with van der Waals surface area (Å²) in [6, 6.07) is 35.0. The van der Waals surface area contributed by atoms with Crippen LogP contribution in [0.4, 0.5) is 23.3 Å². The van der Waals surface area contributed by atoms with Crippen LogP contribution in [0.15, 0.2) is 177 Å². The quantitative estimate of drug-likeness (QED) is 0.0244. The van der Waals surface area contributed by atoms with Crippen LogP contribution in [0.5, 0.6) is 0 Å². The number of benzene rings is 4. The van der Waals surface area contributed by atoms with Crippen molar-refractivity contribution >= 4 is 99.4 Å². The van der Waals surface area contributed by atoms with Gasteiger partial charge in [0.1, 0.15) is 92.5 Å². The van der Waals surface area contributed by atoms with E-state index in [9.17, 15) is 49.8 Å². The number of aromatic nitrogens is 16. The number of rotatable bonds is 17. The monoisotopic (exact) mass is 1650 g/mol. The molecule has 2 radical (unpaired) electrons. The Morgan fingerprint density at radius 2 is 0.692 bits per heavy atom. The molecule has 8 aromatic heterocycles. The van der Waals surface area contributed by atoms with Crippen molar-refractivity contribution in [3.05, 3.63) is 205 Å². The number of aliphatic hydroxyl groups is 6. The Balaban J connectivity index is 0.000000145. The molecule has 12 N–H and O–H groups in total. The van der Waals surface area contributed by atoms with E-state index < -0.39 is 116 Å². The molecule has 6 aliphatic rings. The van der Waals surface area contributed by atoms with Gasteiger partial charge in [-0.1, -0.05) is 99.6 Å². The number of imidazole rings is 4. The predicted molar refractivity (Wildman–Crippen MR) is 429 cm³/mol. The SMILES string of the molecule is C.C.CC1(C)OC2[C@@H](CN=[N+]=[N-])O[C@@H](n3cnc4c(NC(=O)c5ccccc5)ncnc43)[C@H]2O1.CC1(C)OC2[C@@H](CO)O[C@@H](n3cnc4c(NC(=O)c5ccccc5)ncnc43)[C@H]2O1.NC[C@H]1O[C@@H](n2cnc3c(NC(=O)c4ccccc4)ncnc32)[C@@H](O)C1O.O=C(Nc1ncnc2c1ncn2[C@@H]1O[C@H](CO)C(O)[C@@H]1O)c1ccccc1.[B]C. The Hall–Kier alpha value is -12.3. The van der Waals surface area contributed by atoms with Gasteiger partial charge in [0.25, 0.3) is 23.6 Å². The number of hydrogen-bond donors (Lipinski definition) is 11. The summed E-state index contributed by atoms with van der Waals surface area (Å²) in [6.07, 6.45) is -1.10. The lowest BCUT2D eigenvalue weighted by Crippen LogP contribution is -2.35. The van der Waals surface area contributed by atoms with Crippen molar-refractivity contribution in [2.24, 2.45) is 10.8 Å². The van der Waals surface area contributed by atoms with Gasteiger partial charge in [0.15, 0.2) is 104 Å². The molecule has 12 aromatic rings. The second kappa shape index (κ2) is 37.8. The number of amides is 4. The number of nitrogens with zero attached hydrogens (tertiary/aromatic N) is 19. The maximum atomic E-state index is 12.6. The average molecular weight is 1650 g/mol. The van der Waals surface area contributed by atoms with Crippen LogP contribution >= 0.6 is 0 Å². The summed E-state index contributed by atoms with van der Waals surface area (Å²) in [6.45, 7) is 8.31. The number of ether oxygens (including phenoxy) is 8. The van der Waals surface area contributed by atoms with Crippen LogP contribution in [0.3, 0.4) is 0 Å².